The van der Waals surface area contributed by atoms with Gasteiger partial charge in [0.25, 0.3) is 0 Å². The molecule has 6 heteroatoms. The second kappa shape index (κ2) is 11.4. The molecule has 0 saturated carbocycles. The van der Waals surface area contributed by atoms with E-state index >= 15 is 0 Å². The number of carbonyl (C=O) groups is 1. The van der Waals surface area contributed by atoms with Crippen LogP contribution in [0.15, 0.2) is 71.2 Å². The Morgan fingerprint density at radius 2 is 1.73 bits per heavy atom. The van der Waals surface area contributed by atoms with E-state index in [1.807, 2.05) is 23.1 Å². The number of rotatable bonds is 8. The number of nitrogens with one attached hydrogen (secondary N) is 1. The molecule has 1 N–H and O–H groups in total. The van der Waals surface area contributed by atoms with E-state index in [2.05, 4.69) is 81.3 Å². The number of amides is 1. The van der Waals surface area contributed by atoms with Gasteiger partial charge in [-0.3, -0.25) is 4.79 Å². The van der Waals surface area contributed by atoms with Crippen molar-refractivity contribution in [3.05, 3.63) is 82.3 Å². The van der Waals surface area contributed by atoms with Gasteiger partial charge in [-0.1, -0.05) is 51.8 Å². The first-order valence-electron chi connectivity index (χ1n) is 13.1. The highest BCUT2D eigenvalue weighted by Gasteiger charge is 2.22. The Labute approximate surface area is 227 Å². The highest BCUT2D eigenvalue weighted by Crippen LogP contribution is 2.33. The first-order chi connectivity index (χ1) is 18.0. The number of aryl methyl sites for hydroxylation is 2. The number of aromatic nitrogens is 1. The van der Waals surface area contributed by atoms with Gasteiger partial charge in [-0.2, -0.15) is 0 Å². The molecular formula is C31H34BrN3O2. The van der Waals surface area contributed by atoms with Gasteiger partial charge in [0.1, 0.15) is 5.75 Å². The first-order valence-corrected chi connectivity index (χ1v) is 13.9. The third-order valence-electron chi connectivity index (χ3n) is 7.32. The van der Waals surface area contributed by atoms with Gasteiger partial charge >= 0.3 is 0 Å². The van der Waals surface area contributed by atoms with Crippen LogP contribution in [0.4, 0.5) is 5.69 Å². The summed E-state index contributed by atoms with van der Waals surface area (Å²) in [4.78, 5) is 21.0. The summed E-state index contributed by atoms with van der Waals surface area (Å²) in [5, 5.41) is 1.29. The Bertz CT molecular complexity index is 1370. The monoisotopic (exact) mass is 559 g/mol. The van der Waals surface area contributed by atoms with Gasteiger partial charge in [-0.25, -0.2) is 0 Å². The number of benzene rings is 3. The zero-order valence-corrected chi connectivity index (χ0v) is 23.2. The van der Waals surface area contributed by atoms with Crippen LogP contribution in [-0.4, -0.2) is 49.1 Å². The van der Waals surface area contributed by atoms with Gasteiger partial charge in [-0.15, -0.1) is 0 Å². The lowest BCUT2D eigenvalue weighted by molar-refractivity contribution is -0.131. The molecule has 0 aliphatic carbocycles. The number of unbranched alkanes of at least 4 members (excludes halogenated alkanes) is 1. The number of piperazine rings is 1. The molecule has 1 aliphatic heterocycles. The third kappa shape index (κ3) is 5.69. The van der Waals surface area contributed by atoms with Crippen molar-refractivity contribution in [3.63, 3.8) is 0 Å². The van der Waals surface area contributed by atoms with Crippen molar-refractivity contribution < 1.29 is 9.53 Å². The highest BCUT2D eigenvalue weighted by atomic mass is 79.9. The van der Waals surface area contributed by atoms with Gasteiger partial charge in [0.2, 0.25) is 5.91 Å². The minimum absolute atomic E-state index is 0.266. The SMILES string of the molecule is COc1ccccc1N1CCN(C(=O)CCCCc2c(-c3ccc(Br)cc3)[nH]c3ccc(C)cc23)CC1. The minimum atomic E-state index is 0.266. The Balaban J connectivity index is 1.19. The van der Waals surface area contributed by atoms with Gasteiger partial charge in [-0.05, 0) is 73.7 Å². The van der Waals surface area contributed by atoms with Crippen LogP contribution in [0.25, 0.3) is 22.2 Å². The number of hydrogen-bond acceptors (Lipinski definition) is 3. The van der Waals surface area contributed by atoms with E-state index in [1.165, 1.54) is 33.3 Å². The first kappa shape index (κ1) is 25.4. The topological polar surface area (TPSA) is 48.6 Å². The second-order valence-electron chi connectivity index (χ2n) is 9.78. The summed E-state index contributed by atoms with van der Waals surface area (Å²) in [5.41, 5.74) is 7.26. The molecule has 0 spiro atoms. The standard InChI is InChI=1S/C31H34BrN3O2/c1-22-11-16-27-26(21-22)25(31(33-27)23-12-14-24(32)15-13-23)7-3-6-10-30(36)35-19-17-34(18-20-35)28-8-4-5-9-29(28)37-2/h4-5,8-9,11-16,21,33H,3,6-7,10,17-20H2,1-2H3. The predicted molar refractivity (Wildman–Crippen MR) is 156 cm³/mol. The fourth-order valence-electron chi connectivity index (χ4n) is 5.31. The van der Waals surface area contributed by atoms with Crippen molar-refractivity contribution in [1.82, 2.24) is 9.88 Å². The number of para-hydroxylation sites is 2. The highest BCUT2D eigenvalue weighted by molar-refractivity contribution is 9.10. The van der Waals surface area contributed by atoms with Gasteiger partial charge in [0.05, 0.1) is 12.8 Å². The van der Waals surface area contributed by atoms with E-state index in [0.717, 1.165) is 61.4 Å². The molecule has 37 heavy (non-hydrogen) atoms. The lowest BCUT2D eigenvalue weighted by Crippen LogP contribution is -2.48. The van der Waals surface area contributed by atoms with E-state index in [1.54, 1.807) is 7.11 Å². The molecular weight excluding hydrogens is 526 g/mol. The number of hydrogen-bond donors (Lipinski definition) is 1. The van der Waals surface area contributed by atoms with Gasteiger partial charge in [0, 0.05) is 53.7 Å². The molecule has 4 aromatic rings. The molecule has 192 valence electrons. The third-order valence-corrected chi connectivity index (χ3v) is 7.85. The molecule has 1 fully saturated rings. The van der Waals surface area contributed by atoms with E-state index in [9.17, 15) is 4.79 Å². The Morgan fingerprint density at radius 3 is 2.49 bits per heavy atom. The van der Waals surface area contributed by atoms with Crippen molar-refractivity contribution in [2.24, 2.45) is 0 Å². The Hall–Kier alpha value is -3.25. The zero-order chi connectivity index (χ0) is 25.8. The zero-order valence-electron chi connectivity index (χ0n) is 21.6. The summed E-state index contributed by atoms with van der Waals surface area (Å²) in [6, 6.07) is 23.2. The smallest absolute Gasteiger partial charge is 0.222 e. The van der Waals surface area contributed by atoms with Crippen molar-refractivity contribution in [1.29, 1.82) is 0 Å². The summed E-state index contributed by atoms with van der Waals surface area (Å²) in [6.45, 7) is 5.31. The molecule has 0 bridgehead atoms. The average Bonchev–Trinajstić information content (AvgIpc) is 3.29. The lowest BCUT2D eigenvalue weighted by Gasteiger charge is -2.36. The van der Waals surface area contributed by atoms with Crippen LogP contribution < -0.4 is 9.64 Å². The normalized spacial score (nSPS) is 13.8. The fourth-order valence-corrected chi connectivity index (χ4v) is 5.57. The lowest BCUT2D eigenvalue weighted by atomic mass is 9.99. The predicted octanol–water partition coefficient (Wildman–Crippen LogP) is 6.98. The maximum Gasteiger partial charge on any atom is 0.222 e. The molecule has 1 aromatic heterocycles. The summed E-state index contributed by atoms with van der Waals surface area (Å²) in [7, 11) is 1.71. The van der Waals surface area contributed by atoms with E-state index in [4.69, 9.17) is 4.74 Å². The summed E-state index contributed by atoms with van der Waals surface area (Å²) in [6.07, 6.45) is 3.43. The fraction of sp³-hybridized carbons (Fsp3) is 0.323. The molecule has 1 amide bonds. The second-order valence-corrected chi connectivity index (χ2v) is 10.7. The molecule has 2 heterocycles. The number of halogens is 1. The molecule has 1 saturated heterocycles. The van der Waals surface area contributed by atoms with E-state index in [-0.39, 0.29) is 5.91 Å². The molecule has 0 radical (unpaired) electrons. The molecule has 5 nitrogen and oxygen atoms in total. The van der Waals surface area contributed by atoms with Crippen LogP contribution in [0, 0.1) is 6.92 Å². The van der Waals surface area contributed by atoms with Crippen LogP contribution in [0.5, 0.6) is 5.75 Å². The number of fused-ring (bicyclic) bond motifs is 1. The number of methoxy groups -OCH3 is 1. The Kier molecular flexibility index (Phi) is 7.85. The number of nitrogens with zero attached hydrogens (tertiary/aromatic N) is 2. The summed E-state index contributed by atoms with van der Waals surface area (Å²) < 4.78 is 6.59. The van der Waals surface area contributed by atoms with Gasteiger partial charge in [0.15, 0.2) is 0 Å². The van der Waals surface area contributed by atoms with Crippen molar-refractivity contribution in [2.75, 3.05) is 38.2 Å². The van der Waals surface area contributed by atoms with E-state index < -0.39 is 0 Å². The number of carbonyl (C=O) groups excluding carboxylic acids is 1. The molecule has 5 rings (SSSR count). The molecule has 3 aromatic carbocycles. The minimum Gasteiger partial charge on any atom is -0.495 e. The largest absolute Gasteiger partial charge is 0.495 e. The van der Waals surface area contributed by atoms with Crippen molar-refractivity contribution in [3.8, 4) is 17.0 Å². The average molecular weight is 561 g/mol. The number of anilines is 1. The van der Waals surface area contributed by atoms with Crippen LogP contribution in [0.3, 0.4) is 0 Å². The number of aromatic amines is 1. The molecule has 1 aliphatic rings. The van der Waals surface area contributed by atoms with Crippen LogP contribution in [0.2, 0.25) is 0 Å². The summed E-state index contributed by atoms with van der Waals surface area (Å²) >= 11 is 3.55. The van der Waals surface area contributed by atoms with Gasteiger partial charge < -0.3 is 19.5 Å². The maximum absolute atomic E-state index is 13.0. The number of H-pyrrole nitrogens is 1. The van der Waals surface area contributed by atoms with Crippen LogP contribution in [-0.2, 0) is 11.2 Å². The number of ether oxygens (including phenoxy) is 1. The van der Waals surface area contributed by atoms with Crippen molar-refractivity contribution in [2.45, 2.75) is 32.6 Å². The molecule has 0 atom stereocenters. The van der Waals surface area contributed by atoms with Crippen LogP contribution in [0.1, 0.15) is 30.4 Å². The Morgan fingerprint density at radius 1 is 0.973 bits per heavy atom. The quantitative estimate of drug-likeness (QED) is 0.237. The van der Waals surface area contributed by atoms with Crippen LogP contribution >= 0.6 is 15.9 Å². The van der Waals surface area contributed by atoms with E-state index in [0.29, 0.717) is 6.42 Å². The molecule has 0 unspecified atom stereocenters. The summed E-state index contributed by atoms with van der Waals surface area (Å²) in [5.74, 6) is 1.15. The maximum atomic E-state index is 13.0. The van der Waals surface area contributed by atoms with Crippen molar-refractivity contribution >= 4 is 38.4 Å².